The van der Waals surface area contributed by atoms with Gasteiger partial charge in [-0.3, -0.25) is 0 Å². The molecule has 1 fully saturated rings. The maximum Gasteiger partial charge on any atom is 0.211 e. The van der Waals surface area contributed by atoms with Crippen LogP contribution in [-0.4, -0.2) is 47.0 Å². The Morgan fingerprint density at radius 2 is 2.05 bits per heavy atom. The van der Waals surface area contributed by atoms with E-state index in [2.05, 4.69) is 15.0 Å². The van der Waals surface area contributed by atoms with Crippen LogP contribution in [0.1, 0.15) is 24.6 Å². The fraction of sp³-hybridized carbons (Fsp3) is 0.500. The van der Waals surface area contributed by atoms with Crippen LogP contribution in [0.4, 0.5) is 5.82 Å². The predicted molar refractivity (Wildman–Crippen MR) is 76.7 cm³/mol. The predicted octanol–water partition coefficient (Wildman–Crippen LogP) is 0.679. The molecule has 0 atom stereocenters. The number of aromatic amines is 1. The van der Waals surface area contributed by atoms with Crippen molar-refractivity contribution in [3.63, 3.8) is 0 Å². The van der Waals surface area contributed by atoms with Crippen molar-refractivity contribution in [1.82, 2.24) is 19.3 Å². The summed E-state index contributed by atoms with van der Waals surface area (Å²) in [7, 11) is -3.10. The van der Waals surface area contributed by atoms with Crippen LogP contribution in [-0.2, 0) is 10.0 Å². The standard InChI is InChI=1S/C12H17N5O2S/c1-20(18,19)17-6-3-8(4-7-17)11-15-10(13)9-2-5-14-12(9)16-11/h2,5,8H,3-4,6-7H2,1H3,(H3,13,14,15,16). The molecule has 0 bridgehead atoms. The maximum atomic E-state index is 11.5. The lowest BCUT2D eigenvalue weighted by molar-refractivity contribution is 0.315. The van der Waals surface area contributed by atoms with Crippen molar-refractivity contribution in [3.8, 4) is 0 Å². The monoisotopic (exact) mass is 295 g/mol. The summed E-state index contributed by atoms with van der Waals surface area (Å²) in [5.41, 5.74) is 6.66. The summed E-state index contributed by atoms with van der Waals surface area (Å²) in [4.78, 5) is 11.9. The molecule has 0 saturated carbocycles. The third-order valence-corrected chi connectivity index (χ3v) is 5.05. The first-order valence-corrected chi connectivity index (χ1v) is 8.35. The van der Waals surface area contributed by atoms with E-state index in [-0.39, 0.29) is 5.92 Å². The Labute approximate surface area is 117 Å². The first-order chi connectivity index (χ1) is 9.45. The van der Waals surface area contributed by atoms with Gasteiger partial charge in [0.05, 0.1) is 11.6 Å². The lowest BCUT2D eigenvalue weighted by atomic mass is 9.97. The molecule has 3 heterocycles. The van der Waals surface area contributed by atoms with Crippen LogP contribution in [0.5, 0.6) is 0 Å². The van der Waals surface area contributed by atoms with Crippen molar-refractivity contribution in [3.05, 3.63) is 18.1 Å². The quantitative estimate of drug-likeness (QED) is 0.847. The molecule has 8 heteroatoms. The number of nitrogens with zero attached hydrogens (tertiary/aromatic N) is 3. The molecule has 0 unspecified atom stereocenters. The Morgan fingerprint density at radius 1 is 1.35 bits per heavy atom. The van der Waals surface area contributed by atoms with Crippen LogP contribution >= 0.6 is 0 Å². The second kappa shape index (κ2) is 4.71. The number of piperidine rings is 1. The Bertz CT molecular complexity index is 731. The van der Waals surface area contributed by atoms with Crippen LogP contribution in [0.15, 0.2) is 12.3 Å². The van der Waals surface area contributed by atoms with Crippen molar-refractivity contribution in [2.75, 3.05) is 25.1 Å². The summed E-state index contributed by atoms with van der Waals surface area (Å²) >= 11 is 0. The minimum Gasteiger partial charge on any atom is -0.383 e. The van der Waals surface area contributed by atoms with Crippen LogP contribution < -0.4 is 5.73 Å². The van der Waals surface area contributed by atoms with Crippen molar-refractivity contribution in [1.29, 1.82) is 0 Å². The summed E-state index contributed by atoms with van der Waals surface area (Å²) in [6, 6.07) is 1.85. The second-order valence-electron chi connectivity index (χ2n) is 5.14. The van der Waals surface area contributed by atoms with Gasteiger partial charge in [-0.05, 0) is 18.9 Å². The summed E-state index contributed by atoms with van der Waals surface area (Å²) < 4.78 is 24.5. The highest BCUT2D eigenvalue weighted by Gasteiger charge is 2.27. The summed E-state index contributed by atoms with van der Waals surface area (Å²) in [5, 5.41) is 0.822. The molecule has 20 heavy (non-hydrogen) atoms. The molecule has 3 N–H and O–H groups in total. The number of nitrogens with two attached hydrogens (primary N) is 1. The highest BCUT2D eigenvalue weighted by Crippen LogP contribution is 2.28. The molecule has 1 aliphatic heterocycles. The number of anilines is 1. The third-order valence-electron chi connectivity index (χ3n) is 3.75. The van der Waals surface area contributed by atoms with Crippen LogP contribution in [0, 0.1) is 0 Å². The van der Waals surface area contributed by atoms with Crippen LogP contribution in [0.3, 0.4) is 0 Å². The number of aromatic nitrogens is 3. The molecule has 7 nitrogen and oxygen atoms in total. The lowest BCUT2D eigenvalue weighted by Gasteiger charge is -2.29. The molecule has 0 radical (unpaired) electrons. The van der Waals surface area contributed by atoms with E-state index in [0.29, 0.717) is 24.7 Å². The summed E-state index contributed by atoms with van der Waals surface area (Å²) in [6.45, 7) is 1.02. The van der Waals surface area contributed by atoms with Crippen molar-refractivity contribution < 1.29 is 8.42 Å². The topological polar surface area (TPSA) is 105 Å². The number of H-pyrrole nitrogens is 1. The molecule has 3 rings (SSSR count). The van der Waals surface area contributed by atoms with Crippen molar-refractivity contribution in [2.24, 2.45) is 0 Å². The average Bonchev–Trinajstić information content (AvgIpc) is 2.86. The molecule has 2 aromatic heterocycles. The highest BCUT2D eigenvalue weighted by atomic mass is 32.2. The van der Waals surface area contributed by atoms with Crippen LogP contribution in [0.25, 0.3) is 11.0 Å². The number of fused-ring (bicyclic) bond motifs is 1. The number of hydrogen-bond acceptors (Lipinski definition) is 5. The minimum atomic E-state index is -3.10. The van der Waals surface area contributed by atoms with E-state index in [0.717, 1.165) is 23.9 Å². The van der Waals surface area contributed by atoms with E-state index >= 15 is 0 Å². The molecule has 0 aliphatic carbocycles. The fourth-order valence-corrected chi connectivity index (χ4v) is 3.49. The second-order valence-corrected chi connectivity index (χ2v) is 7.13. The van der Waals surface area contributed by atoms with Gasteiger partial charge in [-0.25, -0.2) is 22.7 Å². The minimum absolute atomic E-state index is 0.156. The number of hydrogen-bond donors (Lipinski definition) is 2. The molecule has 108 valence electrons. The normalized spacial score (nSPS) is 18.6. The number of nitrogen functional groups attached to an aromatic ring is 1. The first kappa shape index (κ1) is 13.3. The fourth-order valence-electron chi connectivity index (χ4n) is 2.61. The Hall–Kier alpha value is -1.67. The molecular weight excluding hydrogens is 278 g/mol. The Kier molecular flexibility index (Phi) is 3.14. The van der Waals surface area contributed by atoms with Gasteiger partial charge in [-0.15, -0.1) is 0 Å². The molecule has 2 aromatic rings. The van der Waals surface area contributed by atoms with Crippen LogP contribution in [0.2, 0.25) is 0 Å². The van der Waals surface area contributed by atoms with E-state index in [1.54, 1.807) is 6.20 Å². The smallest absolute Gasteiger partial charge is 0.211 e. The van der Waals surface area contributed by atoms with Gasteiger partial charge in [0.25, 0.3) is 0 Å². The van der Waals surface area contributed by atoms with Gasteiger partial charge in [0.2, 0.25) is 10.0 Å². The molecule has 1 aliphatic rings. The molecule has 0 amide bonds. The molecular formula is C12H17N5O2S. The Morgan fingerprint density at radius 3 is 2.70 bits per heavy atom. The number of rotatable bonds is 2. The largest absolute Gasteiger partial charge is 0.383 e. The summed E-state index contributed by atoms with van der Waals surface area (Å²) in [5.74, 6) is 1.32. The van der Waals surface area contributed by atoms with Gasteiger partial charge in [0.15, 0.2) is 0 Å². The SMILES string of the molecule is CS(=O)(=O)N1CCC(c2nc(N)c3cc[nH]c3n2)CC1. The van der Waals surface area contributed by atoms with Crippen molar-refractivity contribution in [2.45, 2.75) is 18.8 Å². The van der Waals surface area contributed by atoms with E-state index in [1.165, 1.54) is 10.6 Å². The zero-order valence-electron chi connectivity index (χ0n) is 11.2. The van der Waals surface area contributed by atoms with E-state index < -0.39 is 10.0 Å². The zero-order chi connectivity index (χ0) is 14.3. The van der Waals surface area contributed by atoms with Gasteiger partial charge >= 0.3 is 0 Å². The van der Waals surface area contributed by atoms with Gasteiger partial charge in [-0.1, -0.05) is 0 Å². The molecule has 0 spiro atoms. The average molecular weight is 295 g/mol. The third kappa shape index (κ3) is 2.36. The van der Waals surface area contributed by atoms with E-state index in [1.807, 2.05) is 6.07 Å². The summed E-state index contributed by atoms with van der Waals surface area (Å²) in [6.07, 6.45) is 4.47. The lowest BCUT2D eigenvalue weighted by Crippen LogP contribution is -2.37. The van der Waals surface area contributed by atoms with Gasteiger partial charge in [0, 0.05) is 25.2 Å². The first-order valence-electron chi connectivity index (χ1n) is 6.51. The van der Waals surface area contributed by atoms with E-state index in [9.17, 15) is 8.42 Å². The molecule has 1 saturated heterocycles. The number of sulfonamides is 1. The van der Waals surface area contributed by atoms with E-state index in [4.69, 9.17) is 5.73 Å². The molecule has 0 aromatic carbocycles. The van der Waals surface area contributed by atoms with Gasteiger partial charge in [0.1, 0.15) is 17.3 Å². The zero-order valence-corrected chi connectivity index (χ0v) is 12.0. The van der Waals surface area contributed by atoms with Gasteiger partial charge in [-0.2, -0.15) is 0 Å². The Balaban J connectivity index is 1.83. The number of nitrogens with one attached hydrogen (secondary N) is 1. The highest BCUT2D eigenvalue weighted by molar-refractivity contribution is 7.88. The maximum absolute atomic E-state index is 11.5. The van der Waals surface area contributed by atoms with Gasteiger partial charge < -0.3 is 10.7 Å². The van der Waals surface area contributed by atoms with Crippen molar-refractivity contribution >= 4 is 26.9 Å².